The van der Waals surface area contributed by atoms with Crippen molar-refractivity contribution >= 4 is 0 Å². The van der Waals surface area contributed by atoms with Gasteiger partial charge in [0.2, 0.25) is 0 Å². The van der Waals surface area contributed by atoms with Gasteiger partial charge in [-0.3, -0.25) is 4.98 Å². The first kappa shape index (κ1) is 7.50. The van der Waals surface area contributed by atoms with E-state index in [0.29, 0.717) is 5.82 Å². The fourth-order valence-corrected chi connectivity index (χ4v) is 0.654. The Morgan fingerprint density at radius 1 is 1.82 bits per heavy atom. The molecule has 58 valence electrons. The van der Waals surface area contributed by atoms with Crippen LogP contribution in [0.25, 0.3) is 0 Å². The summed E-state index contributed by atoms with van der Waals surface area (Å²) < 4.78 is 0. The van der Waals surface area contributed by atoms with E-state index >= 15 is 0 Å². The van der Waals surface area contributed by atoms with E-state index < -0.39 is 11.7 Å². The summed E-state index contributed by atoms with van der Waals surface area (Å²) in [6.45, 7) is 0. The van der Waals surface area contributed by atoms with Crippen molar-refractivity contribution in [3.05, 3.63) is 16.3 Å². The summed E-state index contributed by atoms with van der Waals surface area (Å²) in [6.07, 6.45) is 0.140. The topological polar surface area (TPSA) is 111 Å². The maximum atomic E-state index is 10.5. The lowest BCUT2D eigenvalue weighted by atomic mass is 10.2. The summed E-state index contributed by atoms with van der Waals surface area (Å²) in [5.74, 6) is 0.316. The summed E-state index contributed by atoms with van der Waals surface area (Å²) in [4.78, 5) is 12.8. The van der Waals surface area contributed by atoms with Crippen LogP contribution in [0.5, 0.6) is 0 Å². The van der Waals surface area contributed by atoms with Crippen LogP contribution in [0.1, 0.15) is 18.3 Å². The lowest BCUT2D eigenvalue weighted by Gasteiger charge is -1.98. The molecule has 0 aliphatic carbocycles. The van der Waals surface area contributed by atoms with Gasteiger partial charge in [-0.1, -0.05) is 0 Å². The Labute approximate surface area is 62.0 Å². The molecule has 6 heteroatoms. The number of aromatic amines is 2. The average molecular weight is 153 g/mol. The zero-order valence-corrected chi connectivity index (χ0v) is 5.66. The fraction of sp³-hybridized carbons (Fsp3) is 0.400. The minimum atomic E-state index is -0.515. The third kappa shape index (κ3) is 1.65. The van der Waals surface area contributed by atoms with Gasteiger partial charge < -0.3 is 5.73 Å². The van der Waals surface area contributed by atoms with Gasteiger partial charge in [-0.25, -0.2) is 9.89 Å². The van der Waals surface area contributed by atoms with Crippen LogP contribution in [-0.4, -0.2) is 15.2 Å². The van der Waals surface area contributed by atoms with Gasteiger partial charge in [0.15, 0.2) is 0 Å². The normalized spacial score (nSPS) is 12.4. The van der Waals surface area contributed by atoms with Crippen molar-refractivity contribution in [2.75, 3.05) is 0 Å². The van der Waals surface area contributed by atoms with Crippen molar-refractivity contribution < 1.29 is 0 Å². The summed E-state index contributed by atoms with van der Waals surface area (Å²) in [6, 6.07) is 1.36. The van der Waals surface area contributed by atoms with E-state index in [1.165, 1.54) is 0 Å². The van der Waals surface area contributed by atoms with E-state index in [9.17, 15) is 4.79 Å². The lowest BCUT2D eigenvalue weighted by Crippen LogP contribution is -2.12. The molecular weight excluding hydrogens is 146 g/mol. The minimum absolute atomic E-state index is 0.140. The molecule has 0 spiro atoms. The quantitative estimate of drug-likeness (QED) is 0.506. The highest BCUT2D eigenvalue weighted by molar-refractivity contribution is 4.94. The SMILES string of the molecule is N#CCC(N)c1n[nH]c(=O)[nH]1. The molecular formula is C5H7N5O. The van der Waals surface area contributed by atoms with Crippen LogP contribution >= 0.6 is 0 Å². The van der Waals surface area contributed by atoms with Crippen molar-refractivity contribution in [1.29, 1.82) is 5.26 Å². The molecule has 0 saturated heterocycles. The van der Waals surface area contributed by atoms with Gasteiger partial charge in [0.1, 0.15) is 5.82 Å². The third-order valence-electron chi connectivity index (χ3n) is 1.18. The zero-order valence-electron chi connectivity index (χ0n) is 5.66. The van der Waals surface area contributed by atoms with E-state index in [1.807, 2.05) is 6.07 Å². The summed E-state index contributed by atoms with van der Waals surface area (Å²) in [5.41, 5.74) is 5.03. The highest BCUT2D eigenvalue weighted by Crippen LogP contribution is 2.03. The molecule has 1 aromatic heterocycles. The van der Waals surface area contributed by atoms with E-state index in [0.717, 1.165) is 0 Å². The van der Waals surface area contributed by atoms with Gasteiger partial charge in [-0.05, 0) is 0 Å². The maximum absolute atomic E-state index is 10.5. The number of hydrogen-bond acceptors (Lipinski definition) is 4. The predicted molar refractivity (Wildman–Crippen MR) is 36.4 cm³/mol. The first-order valence-electron chi connectivity index (χ1n) is 3.01. The molecule has 0 bridgehead atoms. The molecule has 4 N–H and O–H groups in total. The molecule has 0 aromatic carbocycles. The van der Waals surface area contributed by atoms with E-state index in [4.69, 9.17) is 11.0 Å². The molecule has 6 nitrogen and oxygen atoms in total. The van der Waals surface area contributed by atoms with Crippen LogP contribution in [0.3, 0.4) is 0 Å². The highest BCUT2D eigenvalue weighted by Gasteiger charge is 2.08. The molecule has 11 heavy (non-hydrogen) atoms. The van der Waals surface area contributed by atoms with Gasteiger partial charge in [0.05, 0.1) is 18.5 Å². The van der Waals surface area contributed by atoms with Crippen LogP contribution in [0.2, 0.25) is 0 Å². The molecule has 0 fully saturated rings. The first-order valence-corrected chi connectivity index (χ1v) is 3.01. The second-order valence-corrected chi connectivity index (χ2v) is 2.03. The molecule has 1 atom stereocenters. The third-order valence-corrected chi connectivity index (χ3v) is 1.18. The second-order valence-electron chi connectivity index (χ2n) is 2.03. The van der Waals surface area contributed by atoms with Gasteiger partial charge >= 0.3 is 5.69 Å². The van der Waals surface area contributed by atoms with Crippen molar-refractivity contribution in [3.63, 3.8) is 0 Å². The Hall–Kier alpha value is -1.61. The molecule has 0 radical (unpaired) electrons. The van der Waals surface area contributed by atoms with Gasteiger partial charge in [0, 0.05) is 0 Å². The van der Waals surface area contributed by atoms with Crippen LogP contribution in [0, 0.1) is 11.3 Å². The molecule has 0 amide bonds. The number of nitrogens with two attached hydrogens (primary N) is 1. The summed E-state index contributed by atoms with van der Waals surface area (Å²) >= 11 is 0. The van der Waals surface area contributed by atoms with Crippen molar-refractivity contribution in [2.45, 2.75) is 12.5 Å². The van der Waals surface area contributed by atoms with Crippen molar-refractivity contribution in [2.24, 2.45) is 5.73 Å². The number of hydrogen-bond donors (Lipinski definition) is 3. The van der Waals surface area contributed by atoms with Crippen LogP contribution in [-0.2, 0) is 0 Å². The number of nitriles is 1. The Morgan fingerprint density at radius 2 is 2.55 bits per heavy atom. The molecule has 0 aliphatic heterocycles. The van der Waals surface area contributed by atoms with Crippen LogP contribution in [0.4, 0.5) is 0 Å². The second kappa shape index (κ2) is 2.98. The number of H-pyrrole nitrogens is 2. The number of aromatic nitrogens is 3. The zero-order chi connectivity index (χ0) is 8.27. The smallest absolute Gasteiger partial charge is 0.320 e. The number of rotatable bonds is 2. The van der Waals surface area contributed by atoms with Crippen molar-refractivity contribution in [3.8, 4) is 6.07 Å². The first-order chi connectivity index (χ1) is 5.24. The molecule has 0 aliphatic rings. The standard InChI is InChI=1S/C5H7N5O/c6-2-1-3(7)4-8-5(11)10-9-4/h3H,1,7H2,(H2,8,9,10,11). The van der Waals surface area contributed by atoms with E-state index in [1.54, 1.807) is 0 Å². The summed E-state index contributed by atoms with van der Waals surface area (Å²) in [7, 11) is 0. The van der Waals surface area contributed by atoms with Gasteiger partial charge in [0.25, 0.3) is 0 Å². The lowest BCUT2D eigenvalue weighted by molar-refractivity contribution is 0.691. The van der Waals surface area contributed by atoms with E-state index in [2.05, 4.69) is 15.2 Å². The van der Waals surface area contributed by atoms with Gasteiger partial charge in [-0.15, -0.1) is 0 Å². The Bertz CT molecular complexity index is 318. The molecule has 0 saturated carbocycles. The molecule has 1 heterocycles. The Balaban J connectivity index is 2.78. The number of nitrogens with one attached hydrogen (secondary N) is 2. The highest BCUT2D eigenvalue weighted by atomic mass is 16.1. The van der Waals surface area contributed by atoms with Crippen molar-refractivity contribution in [1.82, 2.24) is 15.2 Å². The molecule has 1 unspecified atom stereocenters. The largest absolute Gasteiger partial charge is 0.340 e. The van der Waals surface area contributed by atoms with E-state index in [-0.39, 0.29) is 6.42 Å². The predicted octanol–water partition coefficient (Wildman–Crippen LogP) is -0.989. The molecule has 1 rings (SSSR count). The fourth-order valence-electron chi connectivity index (χ4n) is 0.654. The number of nitrogens with zero attached hydrogens (tertiary/aromatic N) is 2. The summed E-state index contributed by atoms with van der Waals surface area (Å²) in [5, 5.41) is 14.0. The maximum Gasteiger partial charge on any atom is 0.340 e. The monoisotopic (exact) mass is 153 g/mol. The van der Waals surface area contributed by atoms with Crippen LogP contribution in [0.15, 0.2) is 4.79 Å². The molecule has 1 aromatic rings. The minimum Gasteiger partial charge on any atom is -0.320 e. The average Bonchev–Trinajstić information content (AvgIpc) is 2.36. The Morgan fingerprint density at radius 3 is 3.00 bits per heavy atom. The van der Waals surface area contributed by atoms with Crippen LogP contribution < -0.4 is 11.4 Å². The van der Waals surface area contributed by atoms with Gasteiger partial charge in [-0.2, -0.15) is 10.4 Å². The Kier molecular flexibility index (Phi) is 2.03.